The van der Waals surface area contributed by atoms with Crippen LogP contribution in [-0.2, 0) is 0 Å². The molecule has 0 bridgehead atoms. The number of benzene rings is 6. The molecule has 0 amide bonds. The van der Waals surface area contributed by atoms with Gasteiger partial charge in [-0.25, -0.2) is 0 Å². The van der Waals surface area contributed by atoms with Crippen molar-refractivity contribution < 1.29 is 0 Å². The lowest BCUT2D eigenvalue weighted by atomic mass is 9.84. The lowest BCUT2D eigenvalue weighted by Crippen LogP contribution is -2.05. The summed E-state index contributed by atoms with van der Waals surface area (Å²) in [7, 11) is 0. The molecular weight excluding hydrogens is 508 g/mol. The summed E-state index contributed by atoms with van der Waals surface area (Å²) in [6.45, 7) is 0. The van der Waals surface area contributed by atoms with Crippen molar-refractivity contribution in [3.05, 3.63) is 121 Å². The quantitative estimate of drug-likeness (QED) is 0.212. The lowest BCUT2D eigenvalue weighted by molar-refractivity contribution is 0.444. The molecule has 0 atom stereocenters. The first kappa shape index (κ1) is 22.8. The number of aromatic nitrogens is 2. The Bertz CT molecular complexity index is 2440. The maximum atomic E-state index is 2.57. The molecule has 42 heavy (non-hydrogen) atoms. The number of rotatable bonds is 3. The van der Waals surface area contributed by atoms with Crippen LogP contribution in [0.1, 0.15) is 43.6 Å². The number of nitrogens with zero attached hydrogens (tertiary/aromatic N) is 2. The van der Waals surface area contributed by atoms with Gasteiger partial charge in [-0.1, -0.05) is 98.1 Å². The molecule has 0 unspecified atom stereocenters. The first-order valence-corrected chi connectivity index (χ1v) is 15.5. The van der Waals surface area contributed by atoms with E-state index in [1.54, 1.807) is 0 Å². The van der Waals surface area contributed by atoms with Gasteiger partial charge in [0, 0.05) is 27.2 Å². The normalized spacial score (nSPS) is 15.0. The number of hydrogen-bond donors (Lipinski definition) is 0. The van der Waals surface area contributed by atoms with Gasteiger partial charge in [0.2, 0.25) is 0 Å². The van der Waals surface area contributed by atoms with Gasteiger partial charge in [-0.15, -0.1) is 0 Å². The van der Waals surface area contributed by atoms with Crippen LogP contribution in [0.2, 0.25) is 0 Å². The fraction of sp³-hybridized carbons (Fsp3) is 0.150. The minimum absolute atomic E-state index is 0.639. The molecule has 2 nitrogen and oxygen atoms in total. The van der Waals surface area contributed by atoms with Crippen LogP contribution in [0.5, 0.6) is 0 Å². The average molecular weight is 539 g/mol. The van der Waals surface area contributed by atoms with Gasteiger partial charge in [-0.05, 0) is 82.6 Å². The number of fused-ring (bicyclic) bond motifs is 5. The SMILES string of the molecule is c1cc(-c2cccc3ccccc23)cc(-n2c3cc(C4CCCCC4)cc4c3c3c2ccc2c5ccccc5n4c23)c1. The monoisotopic (exact) mass is 538 g/mol. The highest BCUT2D eigenvalue weighted by molar-refractivity contribution is 6.32. The molecule has 9 aromatic rings. The van der Waals surface area contributed by atoms with Gasteiger partial charge in [0.15, 0.2) is 0 Å². The molecule has 0 N–H and O–H groups in total. The van der Waals surface area contributed by atoms with Gasteiger partial charge >= 0.3 is 0 Å². The predicted octanol–water partition coefficient (Wildman–Crippen LogP) is 11.1. The van der Waals surface area contributed by atoms with E-state index in [1.807, 2.05) is 0 Å². The second-order valence-electron chi connectivity index (χ2n) is 12.4. The Kier molecular flexibility index (Phi) is 4.54. The molecule has 3 heterocycles. The predicted molar refractivity (Wildman–Crippen MR) is 178 cm³/mol. The summed E-state index contributed by atoms with van der Waals surface area (Å²) in [6.07, 6.45) is 6.65. The van der Waals surface area contributed by atoms with Gasteiger partial charge in [-0.2, -0.15) is 0 Å². The van der Waals surface area contributed by atoms with E-state index < -0.39 is 0 Å². The van der Waals surface area contributed by atoms with Crippen LogP contribution in [-0.4, -0.2) is 8.97 Å². The minimum Gasteiger partial charge on any atom is -0.309 e. The molecule has 1 aliphatic carbocycles. The van der Waals surface area contributed by atoms with Crippen molar-refractivity contribution >= 4 is 59.9 Å². The Labute approximate surface area is 244 Å². The standard InChI is InChI=1S/C40H30N2/c1-2-10-25(11-3-1)28-23-36-38-37(24-28)42-34-19-7-6-17-32(34)33-20-21-35(39(38)40(33)42)41(36)29-15-8-14-27(22-29)31-18-9-13-26-12-4-5-16-30(26)31/h4-9,12-25H,1-3,10-11H2. The summed E-state index contributed by atoms with van der Waals surface area (Å²) < 4.78 is 5.12. The summed E-state index contributed by atoms with van der Waals surface area (Å²) >= 11 is 0. The lowest BCUT2D eigenvalue weighted by Gasteiger charge is -2.22. The molecule has 0 spiro atoms. The Morgan fingerprint density at radius 2 is 1.31 bits per heavy atom. The Morgan fingerprint density at radius 1 is 0.524 bits per heavy atom. The molecule has 1 saturated carbocycles. The maximum absolute atomic E-state index is 2.57. The maximum Gasteiger partial charge on any atom is 0.0642 e. The van der Waals surface area contributed by atoms with Crippen LogP contribution in [0.15, 0.2) is 115 Å². The van der Waals surface area contributed by atoms with Gasteiger partial charge < -0.3 is 8.97 Å². The molecule has 6 aromatic carbocycles. The fourth-order valence-electron chi connectivity index (χ4n) is 8.34. The van der Waals surface area contributed by atoms with E-state index in [-0.39, 0.29) is 0 Å². The largest absolute Gasteiger partial charge is 0.309 e. The van der Waals surface area contributed by atoms with E-state index in [0.717, 1.165) is 0 Å². The van der Waals surface area contributed by atoms with Crippen LogP contribution < -0.4 is 0 Å². The van der Waals surface area contributed by atoms with Crippen LogP contribution in [0.4, 0.5) is 0 Å². The van der Waals surface area contributed by atoms with Gasteiger partial charge in [0.1, 0.15) is 0 Å². The molecule has 1 aliphatic rings. The summed E-state index contributed by atoms with van der Waals surface area (Å²) in [5.41, 5.74) is 12.0. The van der Waals surface area contributed by atoms with E-state index in [2.05, 4.69) is 124 Å². The smallest absolute Gasteiger partial charge is 0.0642 e. The van der Waals surface area contributed by atoms with Crippen molar-refractivity contribution in [3.63, 3.8) is 0 Å². The van der Waals surface area contributed by atoms with Crippen LogP contribution >= 0.6 is 0 Å². The minimum atomic E-state index is 0.639. The third kappa shape index (κ3) is 2.94. The van der Waals surface area contributed by atoms with E-state index in [9.17, 15) is 0 Å². The van der Waals surface area contributed by atoms with Crippen LogP contribution in [0.3, 0.4) is 0 Å². The van der Waals surface area contributed by atoms with Gasteiger partial charge in [-0.3, -0.25) is 0 Å². The summed E-state index contributed by atoms with van der Waals surface area (Å²) in [5, 5.41) is 8.10. The van der Waals surface area contributed by atoms with Crippen molar-refractivity contribution in [2.24, 2.45) is 0 Å². The topological polar surface area (TPSA) is 9.34 Å². The van der Waals surface area contributed by atoms with E-state index in [0.29, 0.717) is 5.92 Å². The molecule has 1 fully saturated rings. The number of para-hydroxylation sites is 1. The Balaban J connectivity index is 1.31. The Morgan fingerprint density at radius 3 is 2.24 bits per heavy atom. The molecule has 3 aromatic heterocycles. The van der Waals surface area contributed by atoms with Crippen molar-refractivity contribution in [2.75, 3.05) is 0 Å². The second kappa shape index (κ2) is 8.36. The average Bonchev–Trinajstić information content (AvgIpc) is 3.70. The number of hydrogen-bond acceptors (Lipinski definition) is 0. The first-order chi connectivity index (χ1) is 20.8. The molecule has 200 valence electrons. The highest BCUT2D eigenvalue weighted by Crippen LogP contribution is 2.48. The van der Waals surface area contributed by atoms with E-state index in [1.165, 1.54) is 114 Å². The highest BCUT2D eigenvalue weighted by atomic mass is 15.0. The van der Waals surface area contributed by atoms with Crippen molar-refractivity contribution in [3.8, 4) is 16.8 Å². The second-order valence-corrected chi connectivity index (χ2v) is 12.4. The van der Waals surface area contributed by atoms with Crippen molar-refractivity contribution in [1.82, 2.24) is 8.97 Å². The zero-order chi connectivity index (χ0) is 27.4. The molecule has 0 radical (unpaired) electrons. The summed E-state index contributed by atoms with van der Waals surface area (Å²) in [6, 6.07) is 43.3. The van der Waals surface area contributed by atoms with E-state index >= 15 is 0 Å². The molecule has 2 heteroatoms. The van der Waals surface area contributed by atoms with Crippen LogP contribution in [0.25, 0.3) is 76.7 Å². The molecule has 0 saturated heterocycles. The Hall–Kier alpha value is -4.82. The third-order valence-electron chi connectivity index (χ3n) is 10.2. The van der Waals surface area contributed by atoms with Crippen molar-refractivity contribution in [1.29, 1.82) is 0 Å². The molecule has 0 aliphatic heterocycles. The van der Waals surface area contributed by atoms with E-state index in [4.69, 9.17) is 0 Å². The third-order valence-corrected chi connectivity index (χ3v) is 10.2. The zero-order valence-electron chi connectivity index (χ0n) is 23.5. The van der Waals surface area contributed by atoms with Crippen molar-refractivity contribution in [2.45, 2.75) is 38.0 Å². The zero-order valence-corrected chi connectivity index (χ0v) is 23.5. The highest BCUT2D eigenvalue weighted by Gasteiger charge is 2.27. The summed E-state index contributed by atoms with van der Waals surface area (Å²) in [4.78, 5) is 0. The summed E-state index contributed by atoms with van der Waals surface area (Å²) in [5.74, 6) is 0.639. The van der Waals surface area contributed by atoms with Gasteiger partial charge in [0.05, 0.1) is 27.6 Å². The fourth-order valence-corrected chi connectivity index (χ4v) is 8.34. The van der Waals surface area contributed by atoms with Crippen LogP contribution in [0, 0.1) is 0 Å². The molecule has 10 rings (SSSR count). The molecular formula is C40H30N2. The van der Waals surface area contributed by atoms with Gasteiger partial charge in [0.25, 0.3) is 0 Å². The first-order valence-electron chi connectivity index (χ1n) is 15.5.